The number of ether oxygens (including phenoxy) is 1. The summed E-state index contributed by atoms with van der Waals surface area (Å²) in [6.45, 7) is 5.81. The Hall–Kier alpha value is -3.58. The molecule has 34 heavy (non-hydrogen) atoms. The van der Waals surface area contributed by atoms with E-state index in [0.29, 0.717) is 28.9 Å². The normalized spacial score (nSPS) is 13.4. The van der Waals surface area contributed by atoms with Gasteiger partial charge < -0.3 is 10.1 Å². The van der Waals surface area contributed by atoms with Crippen molar-refractivity contribution in [2.75, 3.05) is 16.8 Å². The van der Waals surface area contributed by atoms with Crippen LogP contribution in [0.2, 0.25) is 0 Å². The zero-order valence-electron chi connectivity index (χ0n) is 19.3. The fourth-order valence-corrected chi connectivity index (χ4v) is 5.01. The maximum absolute atomic E-state index is 13.8. The number of nitrogens with zero attached hydrogens (tertiary/aromatic N) is 1. The largest absolute Gasteiger partial charge is 0.462 e. The number of rotatable bonds is 6. The minimum Gasteiger partial charge on any atom is -0.462 e. The van der Waals surface area contributed by atoms with Gasteiger partial charge in [0.05, 0.1) is 23.4 Å². The van der Waals surface area contributed by atoms with E-state index in [1.54, 1.807) is 31.2 Å². The molecule has 0 unspecified atom stereocenters. The number of esters is 1. The first-order chi connectivity index (χ1) is 16.4. The van der Waals surface area contributed by atoms with Crippen molar-refractivity contribution in [3.63, 3.8) is 0 Å². The molecule has 174 valence electrons. The van der Waals surface area contributed by atoms with Crippen LogP contribution in [0.15, 0.2) is 76.5 Å². The van der Waals surface area contributed by atoms with Gasteiger partial charge in [-0.2, -0.15) is 0 Å². The molecule has 1 heterocycles. The van der Waals surface area contributed by atoms with Gasteiger partial charge in [-0.15, -0.1) is 0 Å². The second kappa shape index (κ2) is 10.1. The number of anilines is 2. The number of carbonyl (C=O) groups excluding carboxylic acids is 3. The van der Waals surface area contributed by atoms with E-state index in [-0.39, 0.29) is 18.4 Å². The second-order valence-corrected chi connectivity index (χ2v) is 9.04. The molecule has 3 aromatic carbocycles. The van der Waals surface area contributed by atoms with Gasteiger partial charge in [-0.1, -0.05) is 43.0 Å². The van der Waals surface area contributed by atoms with Gasteiger partial charge in [0.15, 0.2) is 0 Å². The topological polar surface area (TPSA) is 75.7 Å². The zero-order chi connectivity index (χ0) is 24.2. The van der Waals surface area contributed by atoms with Crippen molar-refractivity contribution in [2.24, 2.45) is 0 Å². The lowest BCUT2D eigenvalue weighted by Crippen LogP contribution is -2.47. The van der Waals surface area contributed by atoms with E-state index in [0.717, 1.165) is 15.4 Å². The molecule has 0 spiro atoms. The lowest BCUT2D eigenvalue weighted by Gasteiger charge is -2.31. The van der Waals surface area contributed by atoms with Crippen molar-refractivity contribution in [3.05, 3.63) is 83.4 Å². The van der Waals surface area contributed by atoms with Crippen LogP contribution in [0, 0.1) is 6.92 Å². The Balaban J connectivity index is 1.81. The third-order valence-corrected chi connectivity index (χ3v) is 6.71. The van der Waals surface area contributed by atoms with Crippen LogP contribution in [0.4, 0.5) is 11.4 Å². The molecule has 6 nitrogen and oxygen atoms in total. The molecule has 0 radical (unpaired) electrons. The van der Waals surface area contributed by atoms with Crippen LogP contribution in [0.25, 0.3) is 0 Å². The molecular weight excluding hydrogens is 448 g/mol. The zero-order valence-corrected chi connectivity index (χ0v) is 20.1. The van der Waals surface area contributed by atoms with E-state index in [1.807, 2.05) is 56.3 Å². The quantitative estimate of drug-likeness (QED) is 0.464. The van der Waals surface area contributed by atoms with Gasteiger partial charge in [0, 0.05) is 15.5 Å². The van der Waals surface area contributed by atoms with E-state index in [1.165, 1.54) is 16.7 Å². The Kier molecular flexibility index (Phi) is 7.03. The standard InChI is InChI=1S/C27H26N2O4S/c1-4-21(25(30)28-19-10-8-9-17(3)15-19)29-22-16-18(27(32)33-5-2)13-14-24(22)34-23-12-7-6-11-20(23)26(29)31/h6-16,21H,4-5H2,1-3H3,(H,28,30)/t21-/m0/s1. The summed E-state index contributed by atoms with van der Waals surface area (Å²) in [5.41, 5.74) is 3.05. The van der Waals surface area contributed by atoms with Crippen molar-refractivity contribution < 1.29 is 19.1 Å². The van der Waals surface area contributed by atoms with Crippen molar-refractivity contribution in [1.82, 2.24) is 0 Å². The molecule has 4 rings (SSSR count). The average Bonchev–Trinajstić information content (AvgIpc) is 2.94. The summed E-state index contributed by atoms with van der Waals surface area (Å²) in [7, 11) is 0. The Bertz CT molecular complexity index is 1260. The molecule has 0 fully saturated rings. The molecule has 1 aliphatic rings. The summed E-state index contributed by atoms with van der Waals surface area (Å²) in [5.74, 6) is -1.05. The van der Waals surface area contributed by atoms with Gasteiger partial charge in [-0.3, -0.25) is 14.5 Å². The number of hydrogen-bond acceptors (Lipinski definition) is 5. The maximum atomic E-state index is 13.8. The molecule has 0 aromatic heterocycles. The van der Waals surface area contributed by atoms with Gasteiger partial charge in [0.1, 0.15) is 6.04 Å². The van der Waals surface area contributed by atoms with E-state index in [9.17, 15) is 14.4 Å². The Morgan fingerprint density at radius 1 is 1.00 bits per heavy atom. The molecule has 0 aliphatic carbocycles. The van der Waals surface area contributed by atoms with Crippen molar-refractivity contribution in [3.8, 4) is 0 Å². The van der Waals surface area contributed by atoms with Gasteiger partial charge >= 0.3 is 5.97 Å². The predicted octanol–water partition coefficient (Wildman–Crippen LogP) is 5.70. The molecule has 2 amide bonds. The number of amides is 2. The third kappa shape index (κ3) is 4.70. The van der Waals surface area contributed by atoms with E-state index < -0.39 is 12.0 Å². The van der Waals surface area contributed by atoms with Gasteiger partial charge in [0.25, 0.3) is 5.91 Å². The highest BCUT2D eigenvalue weighted by molar-refractivity contribution is 7.99. The predicted molar refractivity (Wildman–Crippen MR) is 134 cm³/mol. The fourth-order valence-electron chi connectivity index (χ4n) is 3.97. The van der Waals surface area contributed by atoms with Crippen LogP contribution >= 0.6 is 11.8 Å². The third-order valence-electron chi connectivity index (χ3n) is 5.57. The minimum absolute atomic E-state index is 0.245. The molecule has 0 bridgehead atoms. The van der Waals surface area contributed by atoms with Gasteiger partial charge in [-0.05, 0) is 68.3 Å². The number of nitrogens with one attached hydrogen (secondary N) is 1. The average molecular weight is 475 g/mol. The monoisotopic (exact) mass is 474 g/mol. The van der Waals surface area contributed by atoms with Crippen molar-refractivity contribution in [2.45, 2.75) is 43.0 Å². The fraction of sp³-hybridized carbons (Fsp3) is 0.222. The number of fused-ring (bicyclic) bond motifs is 2. The summed E-state index contributed by atoms with van der Waals surface area (Å²) < 4.78 is 5.17. The molecule has 0 saturated heterocycles. The Labute approximate surface area is 203 Å². The molecule has 7 heteroatoms. The summed E-state index contributed by atoms with van der Waals surface area (Å²) in [5, 5.41) is 2.95. The van der Waals surface area contributed by atoms with E-state index in [2.05, 4.69) is 5.32 Å². The summed E-state index contributed by atoms with van der Waals surface area (Å²) in [6.07, 6.45) is 0.388. The van der Waals surface area contributed by atoms with Crippen LogP contribution in [0.3, 0.4) is 0 Å². The highest BCUT2D eigenvalue weighted by atomic mass is 32.2. The SMILES string of the molecule is CCOC(=O)c1ccc2c(c1)N([C@@H](CC)C(=O)Nc1cccc(C)c1)C(=O)c1ccccc1S2. The first-order valence-electron chi connectivity index (χ1n) is 11.2. The molecular formula is C27H26N2O4S. The number of carbonyl (C=O) groups is 3. The molecule has 1 N–H and O–H groups in total. The van der Waals surface area contributed by atoms with Crippen LogP contribution < -0.4 is 10.2 Å². The molecule has 1 aliphatic heterocycles. The Morgan fingerprint density at radius 2 is 1.79 bits per heavy atom. The minimum atomic E-state index is -0.782. The van der Waals surface area contributed by atoms with Crippen LogP contribution in [0.5, 0.6) is 0 Å². The highest BCUT2D eigenvalue weighted by Gasteiger charge is 2.36. The molecule has 1 atom stereocenters. The van der Waals surface area contributed by atoms with Crippen LogP contribution in [-0.2, 0) is 9.53 Å². The molecule has 3 aromatic rings. The lowest BCUT2D eigenvalue weighted by atomic mass is 10.1. The molecule has 0 saturated carbocycles. The summed E-state index contributed by atoms with van der Waals surface area (Å²) >= 11 is 1.44. The van der Waals surface area contributed by atoms with Gasteiger partial charge in [0.2, 0.25) is 5.91 Å². The van der Waals surface area contributed by atoms with Crippen LogP contribution in [0.1, 0.15) is 46.5 Å². The van der Waals surface area contributed by atoms with Crippen molar-refractivity contribution >= 4 is 40.9 Å². The summed E-state index contributed by atoms with van der Waals surface area (Å²) in [4.78, 5) is 42.8. The smallest absolute Gasteiger partial charge is 0.338 e. The maximum Gasteiger partial charge on any atom is 0.338 e. The lowest BCUT2D eigenvalue weighted by molar-refractivity contribution is -0.117. The summed E-state index contributed by atoms with van der Waals surface area (Å²) in [6, 6.07) is 19.2. The number of benzene rings is 3. The first kappa shape index (κ1) is 23.6. The number of aryl methyl sites for hydroxylation is 1. The van der Waals surface area contributed by atoms with E-state index >= 15 is 0 Å². The number of hydrogen-bond donors (Lipinski definition) is 1. The van der Waals surface area contributed by atoms with Crippen LogP contribution in [-0.4, -0.2) is 30.4 Å². The van der Waals surface area contributed by atoms with Gasteiger partial charge in [-0.25, -0.2) is 4.79 Å². The highest BCUT2D eigenvalue weighted by Crippen LogP contribution is 2.43. The second-order valence-electron chi connectivity index (χ2n) is 7.96. The first-order valence-corrected chi connectivity index (χ1v) is 12.0. The van der Waals surface area contributed by atoms with E-state index in [4.69, 9.17) is 4.74 Å². The Morgan fingerprint density at radius 3 is 2.53 bits per heavy atom. The van der Waals surface area contributed by atoms with Crippen molar-refractivity contribution in [1.29, 1.82) is 0 Å².